The fraction of sp³-hybridized carbons (Fsp3) is 0.158. The number of para-hydroxylation sites is 1. The molecule has 0 spiro atoms. The van der Waals surface area contributed by atoms with E-state index in [1.54, 1.807) is 16.7 Å². The van der Waals surface area contributed by atoms with Gasteiger partial charge < -0.3 is 4.98 Å². The van der Waals surface area contributed by atoms with Crippen LogP contribution in [0.4, 0.5) is 4.39 Å². The molecule has 0 bridgehead atoms. The highest BCUT2D eigenvalue weighted by Gasteiger charge is 2.16. The minimum absolute atomic E-state index is 0.129. The van der Waals surface area contributed by atoms with Crippen LogP contribution in [0, 0.1) is 5.82 Å². The van der Waals surface area contributed by atoms with Gasteiger partial charge in [0.15, 0.2) is 5.16 Å². The molecule has 0 saturated carbocycles. The van der Waals surface area contributed by atoms with Crippen LogP contribution in [-0.2, 0) is 12.3 Å². The van der Waals surface area contributed by atoms with Gasteiger partial charge in [-0.15, -0.1) is 0 Å². The summed E-state index contributed by atoms with van der Waals surface area (Å²) in [5.74, 6) is -0.0604. The Bertz CT molecular complexity index is 1160. The third kappa shape index (κ3) is 2.79. The maximum atomic E-state index is 14.0. The SMILES string of the molecule is CCn1c(SCc2c(F)cccc2Cl)nc2c([nH]c3ccccc32)c1=O. The highest BCUT2D eigenvalue weighted by molar-refractivity contribution is 7.98. The summed E-state index contributed by atoms with van der Waals surface area (Å²) in [4.78, 5) is 20.7. The van der Waals surface area contributed by atoms with Crippen molar-refractivity contribution in [2.45, 2.75) is 24.4 Å². The van der Waals surface area contributed by atoms with Gasteiger partial charge in [0.05, 0.1) is 0 Å². The maximum absolute atomic E-state index is 14.0. The molecule has 0 aliphatic rings. The fourth-order valence-corrected chi connectivity index (χ4v) is 4.37. The Kier molecular flexibility index (Phi) is 4.46. The van der Waals surface area contributed by atoms with E-state index in [-0.39, 0.29) is 11.4 Å². The second kappa shape index (κ2) is 6.78. The molecule has 4 nitrogen and oxygen atoms in total. The van der Waals surface area contributed by atoms with Crippen LogP contribution in [-0.4, -0.2) is 14.5 Å². The van der Waals surface area contributed by atoms with Crippen LogP contribution >= 0.6 is 23.4 Å². The average molecular weight is 388 g/mol. The van der Waals surface area contributed by atoms with Crippen LogP contribution in [0.2, 0.25) is 5.02 Å². The predicted molar refractivity (Wildman–Crippen MR) is 105 cm³/mol. The number of rotatable bonds is 4. The first-order chi connectivity index (χ1) is 12.6. The number of hydrogen-bond donors (Lipinski definition) is 1. The van der Waals surface area contributed by atoms with Crippen LogP contribution in [0.5, 0.6) is 0 Å². The number of nitrogens with one attached hydrogen (secondary N) is 1. The lowest BCUT2D eigenvalue weighted by atomic mass is 10.2. The average Bonchev–Trinajstić information content (AvgIpc) is 3.01. The first kappa shape index (κ1) is 17.1. The zero-order chi connectivity index (χ0) is 18.3. The van der Waals surface area contributed by atoms with Gasteiger partial charge in [-0.05, 0) is 25.1 Å². The first-order valence-electron chi connectivity index (χ1n) is 8.17. The molecule has 0 aliphatic heterocycles. The van der Waals surface area contributed by atoms with Crippen LogP contribution in [0.15, 0.2) is 52.4 Å². The third-order valence-electron chi connectivity index (χ3n) is 4.30. The minimum Gasteiger partial charge on any atom is -0.349 e. The van der Waals surface area contributed by atoms with Crippen molar-refractivity contribution < 1.29 is 4.39 Å². The standard InChI is InChI=1S/C19H15ClFN3OS/c1-2-24-18(25)17-16(11-6-3-4-9-15(11)22-17)23-19(24)26-10-12-13(20)7-5-8-14(12)21/h3-9,22H,2,10H2,1H3. The lowest BCUT2D eigenvalue weighted by molar-refractivity contribution is 0.616. The van der Waals surface area contributed by atoms with E-state index in [4.69, 9.17) is 16.6 Å². The van der Waals surface area contributed by atoms with Crippen LogP contribution in [0.3, 0.4) is 0 Å². The number of fused-ring (bicyclic) bond motifs is 3. The van der Waals surface area contributed by atoms with Crippen molar-refractivity contribution >= 4 is 45.3 Å². The second-order valence-corrected chi connectivity index (χ2v) is 7.18. The lowest BCUT2D eigenvalue weighted by Crippen LogP contribution is -2.22. The van der Waals surface area contributed by atoms with E-state index in [1.165, 1.54) is 17.8 Å². The van der Waals surface area contributed by atoms with Crippen molar-refractivity contribution in [1.29, 1.82) is 0 Å². The summed E-state index contributed by atoms with van der Waals surface area (Å²) in [5.41, 5.74) is 2.28. The van der Waals surface area contributed by atoms with Crippen molar-refractivity contribution in [2.24, 2.45) is 0 Å². The molecule has 2 heterocycles. The molecule has 0 atom stereocenters. The molecular formula is C19H15ClFN3OS. The molecule has 2 aromatic heterocycles. The largest absolute Gasteiger partial charge is 0.349 e. The number of benzene rings is 2. The molecule has 4 aromatic rings. The van der Waals surface area contributed by atoms with E-state index >= 15 is 0 Å². The van der Waals surface area contributed by atoms with E-state index in [0.29, 0.717) is 39.1 Å². The molecule has 7 heteroatoms. The van der Waals surface area contributed by atoms with Crippen molar-refractivity contribution in [1.82, 2.24) is 14.5 Å². The number of halogens is 2. The molecule has 0 radical (unpaired) electrons. The van der Waals surface area contributed by atoms with Crippen LogP contribution in [0.25, 0.3) is 21.9 Å². The van der Waals surface area contributed by atoms with Crippen molar-refractivity contribution in [3.8, 4) is 0 Å². The van der Waals surface area contributed by atoms with Gasteiger partial charge in [-0.25, -0.2) is 9.37 Å². The Morgan fingerprint density at radius 2 is 2.04 bits per heavy atom. The quantitative estimate of drug-likeness (QED) is 0.396. The Balaban J connectivity index is 1.83. The zero-order valence-corrected chi connectivity index (χ0v) is 15.5. The molecule has 0 amide bonds. The van der Waals surface area contributed by atoms with Crippen molar-refractivity contribution in [2.75, 3.05) is 0 Å². The number of thioether (sulfide) groups is 1. The Hall–Kier alpha value is -2.31. The number of aromatic nitrogens is 3. The van der Waals surface area contributed by atoms with E-state index < -0.39 is 0 Å². The molecule has 132 valence electrons. The molecule has 2 aromatic carbocycles. The van der Waals surface area contributed by atoms with E-state index in [0.717, 1.165) is 10.9 Å². The van der Waals surface area contributed by atoms with Gasteiger partial charge >= 0.3 is 0 Å². The molecular weight excluding hydrogens is 373 g/mol. The lowest BCUT2D eigenvalue weighted by Gasteiger charge is -2.11. The summed E-state index contributed by atoms with van der Waals surface area (Å²) in [6.07, 6.45) is 0. The Labute approximate surface area is 158 Å². The van der Waals surface area contributed by atoms with Gasteiger partial charge in [-0.2, -0.15) is 0 Å². The van der Waals surface area contributed by atoms with Crippen LogP contribution in [0.1, 0.15) is 12.5 Å². The summed E-state index contributed by atoms with van der Waals surface area (Å²) in [7, 11) is 0. The molecule has 1 N–H and O–H groups in total. The smallest absolute Gasteiger partial charge is 0.278 e. The molecule has 4 rings (SSSR count). The molecule has 26 heavy (non-hydrogen) atoms. The van der Waals surface area contributed by atoms with E-state index in [1.807, 2.05) is 31.2 Å². The highest BCUT2D eigenvalue weighted by Crippen LogP contribution is 2.29. The van der Waals surface area contributed by atoms with E-state index in [9.17, 15) is 9.18 Å². The van der Waals surface area contributed by atoms with Gasteiger partial charge in [-0.3, -0.25) is 9.36 Å². The summed E-state index contributed by atoms with van der Waals surface area (Å²) < 4.78 is 15.6. The van der Waals surface area contributed by atoms with Crippen molar-refractivity contribution in [3.63, 3.8) is 0 Å². The first-order valence-corrected chi connectivity index (χ1v) is 9.53. The topological polar surface area (TPSA) is 50.7 Å². The predicted octanol–water partition coefficient (Wildman–Crippen LogP) is 4.98. The Morgan fingerprint density at radius 3 is 2.81 bits per heavy atom. The van der Waals surface area contributed by atoms with Crippen LogP contribution < -0.4 is 5.56 Å². The number of H-pyrrole nitrogens is 1. The normalized spacial score (nSPS) is 11.5. The molecule has 0 aliphatic carbocycles. The number of hydrogen-bond acceptors (Lipinski definition) is 3. The summed E-state index contributed by atoms with van der Waals surface area (Å²) >= 11 is 7.42. The molecule has 0 saturated heterocycles. The summed E-state index contributed by atoms with van der Waals surface area (Å²) in [6.45, 7) is 2.36. The summed E-state index contributed by atoms with van der Waals surface area (Å²) in [5, 5.41) is 1.82. The summed E-state index contributed by atoms with van der Waals surface area (Å²) in [6, 6.07) is 12.3. The van der Waals surface area contributed by atoms with Gasteiger partial charge in [-0.1, -0.05) is 47.6 Å². The second-order valence-electron chi connectivity index (χ2n) is 5.83. The van der Waals surface area contributed by atoms with Gasteiger partial charge in [0.1, 0.15) is 16.9 Å². The maximum Gasteiger partial charge on any atom is 0.278 e. The number of nitrogens with zero attached hydrogens (tertiary/aromatic N) is 2. The Morgan fingerprint density at radius 1 is 1.23 bits per heavy atom. The highest BCUT2D eigenvalue weighted by atomic mass is 35.5. The fourth-order valence-electron chi connectivity index (χ4n) is 2.97. The minimum atomic E-state index is -0.358. The third-order valence-corrected chi connectivity index (χ3v) is 5.66. The molecule has 0 unspecified atom stereocenters. The van der Waals surface area contributed by atoms with Gasteiger partial charge in [0, 0.05) is 33.8 Å². The number of aromatic amines is 1. The zero-order valence-electron chi connectivity index (χ0n) is 13.9. The van der Waals surface area contributed by atoms with E-state index in [2.05, 4.69) is 4.98 Å². The molecule has 0 fully saturated rings. The van der Waals surface area contributed by atoms with Crippen molar-refractivity contribution in [3.05, 3.63) is 69.2 Å². The monoisotopic (exact) mass is 387 g/mol. The van der Waals surface area contributed by atoms with Gasteiger partial charge in [0.2, 0.25) is 0 Å². The van der Waals surface area contributed by atoms with Gasteiger partial charge in [0.25, 0.3) is 5.56 Å².